The van der Waals surface area contributed by atoms with Crippen LogP contribution in [-0.2, 0) is 19.1 Å². The maximum Gasteiger partial charge on any atom is 0.338 e. The number of rotatable bonds is 6. The summed E-state index contributed by atoms with van der Waals surface area (Å²) >= 11 is 0. The van der Waals surface area contributed by atoms with Gasteiger partial charge in [-0.15, -0.1) is 0 Å². The number of esters is 1. The number of hydrogen-bond acceptors (Lipinski definition) is 5. The van der Waals surface area contributed by atoms with Crippen LogP contribution < -0.4 is 4.90 Å². The third-order valence-electron chi connectivity index (χ3n) is 4.60. The van der Waals surface area contributed by atoms with E-state index >= 15 is 0 Å². The fourth-order valence-corrected chi connectivity index (χ4v) is 2.76. The van der Waals surface area contributed by atoms with E-state index < -0.39 is 5.97 Å². The summed E-state index contributed by atoms with van der Waals surface area (Å²) in [6.45, 7) is 3.91. The molecule has 0 unspecified atom stereocenters. The smallest absolute Gasteiger partial charge is 0.338 e. The molecule has 1 fully saturated rings. The van der Waals surface area contributed by atoms with Crippen LogP contribution in [-0.4, -0.2) is 37.6 Å². The van der Waals surface area contributed by atoms with E-state index in [0.717, 1.165) is 31.0 Å². The third-order valence-corrected chi connectivity index (χ3v) is 4.60. The average Bonchev–Trinajstić information content (AvgIpc) is 2.89. The van der Waals surface area contributed by atoms with E-state index in [2.05, 4.69) is 6.92 Å². The van der Waals surface area contributed by atoms with Crippen molar-refractivity contribution in [2.45, 2.75) is 19.8 Å². The van der Waals surface area contributed by atoms with Gasteiger partial charge in [0.15, 0.2) is 0 Å². The summed E-state index contributed by atoms with van der Waals surface area (Å²) in [6.07, 6.45) is 4.23. The molecule has 6 nitrogen and oxygen atoms in total. The van der Waals surface area contributed by atoms with Gasteiger partial charge in [0.05, 0.1) is 31.1 Å². The quantitative estimate of drug-likeness (QED) is 0.590. The van der Waals surface area contributed by atoms with Crippen LogP contribution >= 0.6 is 0 Å². The summed E-state index contributed by atoms with van der Waals surface area (Å²) in [4.78, 5) is 36.4. The molecule has 2 aliphatic rings. The van der Waals surface area contributed by atoms with Crippen molar-refractivity contribution in [1.82, 2.24) is 0 Å². The van der Waals surface area contributed by atoms with Gasteiger partial charge in [0.1, 0.15) is 0 Å². The topological polar surface area (TPSA) is 72.9 Å². The van der Waals surface area contributed by atoms with Gasteiger partial charge in [-0.05, 0) is 37.1 Å². The number of imide groups is 1. The summed E-state index contributed by atoms with van der Waals surface area (Å²) in [5, 5.41) is 0. The van der Waals surface area contributed by atoms with Gasteiger partial charge >= 0.3 is 5.97 Å². The molecule has 1 aromatic rings. The Morgan fingerprint density at radius 3 is 2.29 bits per heavy atom. The lowest BCUT2D eigenvalue weighted by Crippen LogP contribution is -2.42. The molecule has 24 heavy (non-hydrogen) atoms. The van der Waals surface area contributed by atoms with Gasteiger partial charge in [-0.1, -0.05) is 6.92 Å². The molecule has 126 valence electrons. The van der Waals surface area contributed by atoms with Crippen LogP contribution in [0, 0.1) is 5.41 Å². The van der Waals surface area contributed by atoms with Crippen molar-refractivity contribution >= 4 is 23.5 Å². The molecular weight excluding hydrogens is 310 g/mol. The van der Waals surface area contributed by atoms with Crippen LogP contribution in [0.5, 0.6) is 0 Å². The minimum atomic E-state index is -0.412. The van der Waals surface area contributed by atoms with Crippen molar-refractivity contribution in [3.05, 3.63) is 42.0 Å². The molecule has 0 aromatic heterocycles. The second-order valence-corrected chi connectivity index (χ2v) is 6.12. The number of nitrogens with zero attached hydrogens (tertiary/aromatic N) is 1. The predicted molar refractivity (Wildman–Crippen MR) is 86.5 cm³/mol. The molecule has 0 bridgehead atoms. The van der Waals surface area contributed by atoms with Gasteiger partial charge in [0, 0.05) is 17.6 Å². The first-order valence-corrected chi connectivity index (χ1v) is 7.96. The van der Waals surface area contributed by atoms with Gasteiger partial charge < -0.3 is 9.47 Å². The molecule has 2 heterocycles. The molecule has 0 spiro atoms. The number of carbonyl (C=O) groups is 3. The van der Waals surface area contributed by atoms with Crippen LogP contribution in [0.25, 0.3) is 0 Å². The van der Waals surface area contributed by atoms with E-state index in [1.165, 1.54) is 12.2 Å². The summed E-state index contributed by atoms with van der Waals surface area (Å²) in [7, 11) is 0. The fraction of sp³-hybridized carbons (Fsp3) is 0.389. The Balaban J connectivity index is 1.56. The molecular formula is C18H19NO5. The molecule has 2 amide bonds. The first-order valence-electron chi connectivity index (χ1n) is 7.96. The van der Waals surface area contributed by atoms with Crippen LogP contribution in [0.3, 0.4) is 0 Å². The molecule has 0 radical (unpaired) electrons. The van der Waals surface area contributed by atoms with Gasteiger partial charge in [0.2, 0.25) is 0 Å². The van der Waals surface area contributed by atoms with E-state index in [0.29, 0.717) is 17.9 Å². The normalized spacial score (nSPS) is 18.6. The Kier molecular flexibility index (Phi) is 4.49. The highest BCUT2D eigenvalue weighted by Crippen LogP contribution is 2.34. The summed E-state index contributed by atoms with van der Waals surface area (Å²) in [6, 6.07) is 6.23. The summed E-state index contributed by atoms with van der Waals surface area (Å²) < 4.78 is 10.6. The lowest BCUT2D eigenvalue weighted by molar-refractivity contribution is -0.125. The van der Waals surface area contributed by atoms with Crippen molar-refractivity contribution in [1.29, 1.82) is 0 Å². The van der Waals surface area contributed by atoms with Crippen molar-refractivity contribution in [3.8, 4) is 0 Å². The van der Waals surface area contributed by atoms with Crippen LogP contribution in [0.1, 0.15) is 30.1 Å². The molecule has 2 aliphatic heterocycles. The monoisotopic (exact) mass is 329 g/mol. The SMILES string of the molecule is CCC1(CCOC(=O)c2ccc(N3C(=O)C=CC3=O)cc2)COC1. The Morgan fingerprint density at radius 1 is 1.17 bits per heavy atom. The van der Waals surface area contributed by atoms with Gasteiger partial charge in [0.25, 0.3) is 11.8 Å². The second kappa shape index (κ2) is 6.57. The number of benzene rings is 1. The Morgan fingerprint density at radius 2 is 1.79 bits per heavy atom. The molecule has 6 heteroatoms. The van der Waals surface area contributed by atoms with Crippen LogP contribution in [0.4, 0.5) is 5.69 Å². The van der Waals surface area contributed by atoms with Crippen molar-refractivity contribution in [3.63, 3.8) is 0 Å². The maximum atomic E-state index is 12.1. The summed E-state index contributed by atoms with van der Waals surface area (Å²) in [5.41, 5.74) is 0.970. The van der Waals surface area contributed by atoms with Crippen LogP contribution in [0.15, 0.2) is 36.4 Å². The van der Waals surface area contributed by atoms with Gasteiger partial charge in [-0.2, -0.15) is 0 Å². The highest BCUT2D eigenvalue weighted by molar-refractivity contribution is 6.28. The highest BCUT2D eigenvalue weighted by atomic mass is 16.5. The van der Waals surface area contributed by atoms with E-state index in [1.54, 1.807) is 24.3 Å². The highest BCUT2D eigenvalue weighted by Gasteiger charge is 2.36. The third kappa shape index (κ3) is 3.10. The maximum absolute atomic E-state index is 12.1. The lowest BCUT2D eigenvalue weighted by Gasteiger charge is -2.40. The average molecular weight is 329 g/mol. The minimum absolute atomic E-state index is 0.146. The van der Waals surface area contributed by atoms with Crippen molar-refractivity contribution in [2.75, 3.05) is 24.7 Å². The van der Waals surface area contributed by atoms with E-state index in [4.69, 9.17) is 9.47 Å². The molecule has 3 rings (SSSR count). The Bertz CT molecular complexity index is 664. The fourth-order valence-electron chi connectivity index (χ4n) is 2.76. The lowest BCUT2D eigenvalue weighted by atomic mass is 9.80. The number of hydrogen-bond donors (Lipinski definition) is 0. The Hall–Kier alpha value is -2.47. The van der Waals surface area contributed by atoms with E-state index in [9.17, 15) is 14.4 Å². The molecule has 1 aromatic carbocycles. The zero-order valence-electron chi connectivity index (χ0n) is 13.5. The molecule has 0 atom stereocenters. The Labute approximate surface area is 140 Å². The largest absolute Gasteiger partial charge is 0.462 e. The zero-order chi connectivity index (χ0) is 17.2. The predicted octanol–water partition coefficient (Wildman–Crippen LogP) is 2.09. The molecule has 1 saturated heterocycles. The van der Waals surface area contributed by atoms with Crippen LogP contribution in [0.2, 0.25) is 0 Å². The molecule has 0 saturated carbocycles. The molecule has 0 N–H and O–H groups in total. The number of amides is 2. The standard InChI is InChI=1S/C18H19NO5/c1-2-18(11-23-12-18)9-10-24-17(22)13-3-5-14(6-4-13)19-15(20)7-8-16(19)21/h3-8H,2,9-12H2,1H3. The first-order chi connectivity index (χ1) is 11.5. The first kappa shape index (κ1) is 16.4. The van der Waals surface area contributed by atoms with Crippen molar-refractivity contribution in [2.24, 2.45) is 5.41 Å². The van der Waals surface area contributed by atoms with E-state index in [-0.39, 0.29) is 17.2 Å². The molecule has 0 aliphatic carbocycles. The second-order valence-electron chi connectivity index (χ2n) is 6.12. The van der Waals surface area contributed by atoms with Gasteiger partial charge in [-0.3, -0.25) is 9.59 Å². The zero-order valence-corrected chi connectivity index (χ0v) is 13.5. The number of carbonyl (C=O) groups excluding carboxylic acids is 3. The van der Waals surface area contributed by atoms with Crippen molar-refractivity contribution < 1.29 is 23.9 Å². The minimum Gasteiger partial charge on any atom is -0.462 e. The van der Waals surface area contributed by atoms with Gasteiger partial charge in [-0.25, -0.2) is 9.69 Å². The summed E-state index contributed by atoms with van der Waals surface area (Å²) in [5.74, 6) is -1.18. The number of anilines is 1. The van der Waals surface area contributed by atoms with E-state index in [1.807, 2.05) is 0 Å². The number of ether oxygens (including phenoxy) is 2.